The molecule has 0 saturated carbocycles. The van der Waals surface area contributed by atoms with Crippen LogP contribution in [0.4, 0.5) is 10.5 Å². The first-order valence-corrected chi connectivity index (χ1v) is 11.3. The number of hydrogen-bond donors (Lipinski definition) is 2. The number of carbonyl (C=O) groups is 3. The molecule has 0 aliphatic carbocycles. The lowest BCUT2D eigenvalue weighted by Gasteiger charge is -2.34. The van der Waals surface area contributed by atoms with Crippen LogP contribution in [0.1, 0.15) is 36.8 Å². The van der Waals surface area contributed by atoms with Crippen molar-refractivity contribution in [3.8, 4) is 0 Å². The van der Waals surface area contributed by atoms with Crippen LogP contribution in [-0.2, 0) is 9.59 Å². The molecule has 1 aromatic rings. The number of benzene rings is 1. The number of imide groups is 1. The highest BCUT2D eigenvalue weighted by atomic mass is 16.2. The van der Waals surface area contributed by atoms with Gasteiger partial charge in [-0.1, -0.05) is 30.5 Å². The molecule has 2 heterocycles. The van der Waals surface area contributed by atoms with Crippen molar-refractivity contribution in [1.82, 2.24) is 20.0 Å². The van der Waals surface area contributed by atoms with Gasteiger partial charge in [-0.05, 0) is 38.3 Å². The number of aryl methyl sites for hydroxylation is 2. The Morgan fingerprint density at radius 3 is 2.06 bits per heavy atom. The largest absolute Gasteiger partial charge is 0.342 e. The van der Waals surface area contributed by atoms with Crippen molar-refractivity contribution in [3.63, 3.8) is 0 Å². The predicted octanol–water partition coefficient (Wildman–Crippen LogP) is 1.97. The van der Waals surface area contributed by atoms with Gasteiger partial charge >= 0.3 is 6.03 Å². The van der Waals surface area contributed by atoms with E-state index in [4.69, 9.17) is 0 Å². The molecule has 170 valence electrons. The molecule has 8 heteroatoms. The van der Waals surface area contributed by atoms with Crippen molar-refractivity contribution in [2.75, 3.05) is 57.7 Å². The number of piperazine rings is 1. The number of urea groups is 1. The summed E-state index contributed by atoms with van der Waals surface area (Å²) in [5.74, 6) is -0.104. The van der Waals surface area contributed by atoms with Crippen LogP contribution < -0.4 is 10.6 Å². The first kappa shape index (κ1) is 23.2. The van der Waals surface area contributed by atoms with Crippen molar-refractivity contribution >= 4 is 23.5 Å². The summed E-state index contributed by atoms with van der Waals surface area (Å²) in [6.07, 6.45) is 4.64. The van der Waals surface area contributed by atoms with Crippen LogP contribution >= 0.6 is 0 Å². The van der Waals surface area contributed by atoms with E-state index in [-0.39, 0.29) is 18.4 Å². The smallest absolute Gasteiger partial charge is 0.325 e. The zero-order valence-corrected chi connectivity index (χ0v) is 18.8. The molecule has 2 fully saturated rings. The highest BCUT2D eigenvalue weighted by Gasteiger charge is 2.23. The normalized spacial score (nSPS) is 18.3. The monoisotopic (exact) mass is 429 g/mol. The maximum Gasteiger partial charge on any atom is 0.325 e. The molecule has 3 rings (SSSR count). The molecule has 4 amide bonds. The average Bonchev–Trinajstić information content (AvgIpc) is 3.01. The van der Waals surface area contributed by atoms with E-state index < -0.39 is 6.03 Å². The summed E-state index contributed by atoms with van der Waals surface area (Å²) in [6, 6.07) is 5.22. The third-order valence-corrected chi connectivity index (χ3v) is 6.03. The molecule has 2 aliphatic heterocycles. The van der Waals surface area contributed by atoms with Gasteiger partial charge in [0.05, 0.1) is 13.1 Å². The number of anilines is 1. The highest BCUT2D eigenvalue weighted by molar-refractivity contribution is 6.02. The van der Waals surface area contributed by atoms with Crippen LogP contribution in [0.3, 0.4) is 0 Å². The van der Waals surface area contributed by atoms with Gasteiger partial charge in [0, 0.05) is 45.0 Å². The molecule has 31 heavy (non-hydrogen) atoms. The number of amides is 4. The number of rotatable bonds is 5. The summed E-state index contributed by atoms with van der Waals surface area (Å²) in [5, 5.41) is 5.13. The molecule has 2 aliphatic rings. The molecule has 0 atom stereocenters. The van der Waals surface area contributed by atoms with Crippen molar-refractivity contribution in [2.45, 2.75) is 39.5 Å². The number of hydrogen-bond acceptors (Lipinski definition) is 5. The average molecular weight is 430 g/mol. The Hall–Kier alpha value is -2.45. The van der Waals surface area contributed by atoms with E-state index in [0.29, 0.717) is 25.3 Å². The van der Waals surface area contributed by atoms with Crippen molar-refractivity contribution in [2.24, 2.45) is 0 Å². The molecule has 0 bridgehead atoms. The molecule has 0 aromatic heterocycles. The van der Waals surface area contributed by atoms with Gasteiger partial charge in [-0.3, -0.25) is 24.7 Å². The van der Waals surface area contributed by atoms with Crippen LogP contribution in [0.2, 0.25) is 0 Å². The van der Waals surface area contributed by atoms with E-state index in [9.17, 15) is 14.4 Å². The van der Waals surface area contributed by atoms with E-state index in [1.165, 1.54) is 12.8 Å². The van der Waals surface area contributed by atoms with E-state index in [0.717, 1.165) is 50.1 Å². The summed E-state index contributed by atoms with van der Waals surface area (Å²) in [5.41, 5.74) is 2.76. The Balaban J connectivity index is 1.36. The second-order valence-electron chi connectivity index (χ2n) is 8.67. The molecule has 8 nitrogen and oxygen atoms in total. The molecule has 0 unspecified atom stereocenters. The Labute approximate surface area is 184 Å². The molecule has 0 spiro atoms. The second-order valence-corrected chi connectivity index (χ2v) is 8.67. The van der Waals surface area contributed by atoms with Gasteiger partial charge in [0.25, 0.3) is 0 Å². The summed E-state index contributed by atoms with van der Waals surface area (Å²) in [4.78, 5) is 43.1. The van der Waals surface area contributed by atoms with Gasteiger partial charge in [0.1, 0.15) is 0 Å². The minimum absolute atomic E-state index is 0.175. The lowest BCUT2D eigenvalue weighted by molar-refractivity contribution is -0.133. The minimum atomic E-state index is -0.515. The molecule has 0 radical (unpaired) electrons. The number of likely N-dealkylation sites (tertiary alicyclic amines) is 1. The molecular formula is C23H35N5O3. The second kappa shape index (κ2) is 11.2. The zero-order chi connectivity index (χ0) is 22.2. The van der Waals surface area contributed by atoms with E-state index in [1.54, 1.807) is 0 Å². The number of nitrogens with zero attached hydrogens (tertiary/aromatic N) is 3. The summed E-state index contributed by atoms with van der Waals surface area (Å²) >= 11 is 0. The minimum Gasteiger partial charge on any atom is -0.342 e. The maximum absolute atomic E-state index is 12.6. The molecule has 2 N–H and O–H groups in total. The van der Waals surface area contributed by atoms with E-state index >= 15 is 0 Å². The van der Waals surface area contributed by atoms with Gasteiger partial charge in [0.15, 0.2) is 0 Å². The third kappa shape index (κ3) is 7.33. The first-order valence-electron chi connectivity index (χ1n) is 11.3. The highest BCUT2D eigenvalue weighted by Crippen LogP contribution is 2.15. The third-order valence-electron chi connectivity index (χ3n) is 6.03. The summed E-state index contributed by atoms with van der Waals surface area (Å²) < 4.78 is 0. The Bertz CT molecular complexity index is 781. The fraction of sp³-hybridized carbons (Fsp3) is 0.609. The number of carbonyl (C=O) groups excluding carboxylic acids is 3. The maximum atomic E-state index is 12.6. The van der Waals surface area contributed by atoms with E-state index in [1.807, 2.05) is 41.8 Å². The first-order chi connectivity index (χ1) is 14.9. The van der Waals surface area contributed by atoms with Gasteiger partial charge < -0.3 is 10.2 Å². The van der Waals surface area contributed by atoms with Gasteiger partial charge in [-0.15, -0.1) is 0 Å². The van der Waals surface area contributed by atoms with Crippen molar-refractivity contribution in [3.05, 3.63) is 29.3 Å². The summed E-state index contributed by atoms with van der Waals surface area (Å²) in [7, 11) is 0. The summed E-state index contributed by atoms with van der Waals surface area (Å²) in [6.45, 7) is 9.22. The van der Waals surface area contributed by atoms with Crippen LogP contribution in [0.25, 0.3) is 0 Å². The number of nitrogens with one attached hydrogen (secondary N) is 2. The van der Waals surface area contributed by atoms with Crippen molar-refractivity contribution < 1.29 is 14.4 Å². The van der Waals surface area contributed by atoms with E-state index in [2.05, 4.69) is 15.5 Å². The Morgan fingerprint density at radius 1 is 0.839 bits per heavy atom. The predicted molar refractivity (Wildman–Crippen MR) is 121 cm³/mol. The lowest BCUT2D eigenvalue weighted by Crippen LogP contribution is -2.52. The van der Waals surface area contributed by atoms with Gasteiger partial charge in [-0.2, -0.15) is 0 Å². The Morgan fingerprint density at radius 2 is 1.45 bits per heavy atom. The molecular weight excluding hydrogens is 394 g/mol. The Kier molecular flexibility index (Phi) is 8.43. The molecule has 2 saturated heterocycles. The van der Waals surface area contributed by atoms with Crippen LogP contribution in [-0.4, -0.2) is 84.9 Å². The molecule has 1 aromatic carbocycles. The zero-order valence-electron chi connectivity index (χ0n) is 18.8. The standard InChI is InChI=1S/C23H35N5O3/c1-18-7-8-20(19(2)15-18)24-23(31)25-21(29)16-26-11-13-27(14-12-26)17-22(30)28-9-5-3-4-6-10-28/h7-8,15H,3-6,9-14,16-17H2,1-2H3,(H2,24,25,29,31). The quantitative estimate of drug-likeness (QED) is 0.748. The lowest BCUT2D eigenvalue weighted by atomic mass is 10.1. The van der Waals surface area contributed by atoms with Gasteiger partial charge in [0.2, 0.25) is 11.8 Å². The van der Waals surface area contributed by atoms with Crippen molar-refractivity contribution in [1.29, 1.82) is 0 Å². The van der Waals surface area contributed by atoms with Gasteiger partial charge in [-0.25, -0.2) is 4.79 Å². The van der Waals surface area contributed by atoms with Crippen LogP contribution in [0, 0.1) is 13.8 Å². The van der Waals surface area contributed by atoms with Crippen LogP contribution in [0.5, 0.6) is 0 Å². The topological polar surface area (TPSA) is 85.0 Å². The fourth-order valence-corrected chi connectivity index (χ4v) is 4.19. The fourth-order valence-electron chi connectivity index (χ4n) is 4.19. The SMILES string of the molecule is Cc1ccc(NC(=O)NC(=O)CN2CCN(CC(=O)N3CCCCCC3)CC2)c(C)c1. The van der Waals surface area contributed by atoms with Crippen LogP contribution in [0.15, 0.2) is 18.2 Å².